The van der Waals surface area contributed by atoms with Gasteiger partial charge in [-0.2, -0.15) is 0 Å². The zero-order valence-electron chi connectivity index (χ0n) is 17.0. The first-order valence-corrected chi connectivity index (χ1v) is 10.3. The van der Waals surface area contributed by atoms with Crippen LogP contribution in [0.1, 0.15) is 36.5 Å². The lowest BCUT2D eigenvalue weighted by atomic mass is 10.0. The van der Waals surface area contributed by atoms with E-state index in [4.69, 9.17) is 9.47 Å². The molecule has 0 spiro atoms. The predicted molar refractivity (Wildman–Crippen MR) is 114 cm³/mol. The van der Waals surface area contributed by atoms with E-state index in [0.29, 0.717) is 24.3 Å². The van der Waals surface area contributed by atoms with Crippen LogP contribution in [-0.2, 0) is 15.9 Å². The van der Waals surface area contributed by atoms with Crippen molar-refractivity contribution in [1.29, 1.82) is 0 Å². The lowest BCUT2D eigenvalue weighted by Crippen LogP contribution is -2.32. The highest BCUT2D eigenvalue weighted by atomic mass is 19.1. The van der Waals surface area contributed by atoms with Crippen molar-refractivity contribution in [1.82, 2.24) is 0 Å². The van der Waals surface area contributed by atoms with Crippen LogP contribution in [0.2, 0.25) is 0 Å². The van der Waals surface area contributed by atoms with Crippen LogP contribution in [0.5, 0.6) is 0 Å². The number of hydrogen-bond donors (Lipinski definition) is 0. The molecule has 0 saturated carbocycles. The van der Waals surface area contributed by atoms with Crippen molar-refractivity contribution < 1.29 is 18.3 Å². The van der Waals surface area contributed by atoms with Crippen LogP contribution < -0.4 is 0 Å². The molecule has 0 unspecified atom stereocenters. The van der Waals surface area contributed by atoms with E-state index >= 15 is 0 Å². The van der Waals surface area contributed by atoms with Gasteiger partial charge in [0.05, 0.1) is 18.8 Å². The maximum atomic E-state index is 14.5. The number of rotatable bonds is 4. The Bertz CT molecular complexity index is 1090. The maximum absolute atomic E-state index is 14.5. The number of ether oxygens (including phenoxy) is 2. The summed E-state index contributed by atoms with van der Waals surface area (Å²) in [5.41, 5.74) is 2.01. The maximum Gasteiger partial charge on any atom is 0.157 e. The Kier molecular flexibility index (Phi) is 6.42. The summed E-state index contributed by atoms with van der Waals surface area (Å²) in [5, 5.41) is 1.71. The average molecular weight is 406 g/mol. The standard InChI is InChI=1S/C26H24F2O2/c1-2-18-16-29-26(30-17-18)12-6-20-4-8-21(25(28)14-20)7-3-19-5-9-23-15-24(27)11-10-22(23)13-19/h4-5,8-11,13-15,18,26H,2,6,12,16-17H2,1H3. The number of aryl methyl sites for hydroxylation is 1. The van der Waals surface area contributed by atoms with Gasteiger partial charge in [0.15, 0.2) is 6.29 Å². The molecule has 1 fully saturated rings. The SMILES string of the molecule is CCC1COC(CCc2ccc(C#Cc3ccc4cc(F)ccc4c3)c(F)c2)OC1. The second-order valence-electron chi connectivity index (χ2n) is 7.68. The van der Waals surface area contributed by atoms with E-state index in [9.17, 15) is 8.78 Å². The van der Waals surface area contributed by atoms with Gasteiger partial charge in [-0.1, -0.05) is 37.0 Å². The predicted octanol–water partition coefficient (Wildman–Crippen LogP) is 5.85. The Balaban J connectivity index is 1.40. The van der Waals surface area contributed by atoms with E-state index in [1.165, 1.54) is 18.2 Å². The summed E-state index contributed by atoms with van der Waals surface area (Å²) in [6.07, 6.45) is 2.24. The highest BCUT2D eigenvalue weighted by molar-refractivity contribution is 5.83. The van der Waals surface area contributed by atoms with Gasteiger partial charge in [-0.3, -0.25) is 0 Å². The summed E-state index contributed by atoms with van der Waals surface area (Å²) in [7, 11) is 0. The first-order chi connectivity index (χ1) is 14.6. The molecule has 0 aliphatic carbocycles. The van der Waals surface area contributed by atoms with Crippen molar-refractivity contribution in [2.45, 2.75) is 32.5 Å². The normalized spacial score (nSPS) is 18.8. The van der Waals surface area contributed by atoms with Gasteiger partial charge in [0, 0.05) is 17.9 Å². The van der Waals surface area contributed by atoms with Gasteiger partial charge in [-0.25, -0.2) is 8.78 Å². The molecule has 0 amide bonds. The van der Waals surface area contributed by atoms with E-state index in [0.717, 1.165) is 41.5 Å². The first kappa shape index (κ1) is 20.5. The third kappa shape index (κ3) is 5.05. The minimum absolute atomic E-state index is 0.211. The Morgan fingerprint density at radius 2 is 1.67 bits per heavy atom. The Labute approximate surface area is 175 Å². The third-order valence-corrected chi connectivity index (χ3v) is 5.46. The molecular weight excluding hydrogens is 382 g/mol. The first-order valence-electron chi connectivity index (χ1n) is 10.3. The van der Waals surface area contributed by atoms with Crippen LogP contribution in [-0.4, -0.2) is 19.5 Å². The number of hydrogen-bond acceptors (Lipinski definition) is 2. The molecule has 4 heteroatoms. The molecule has 1 aliphatic rings. The number of halogens is 2. The highest BCUT2D eigenvalue weighted by Crippen LogP contribution is 2.20. The largest absolute Gasteiger partial charge is 0.352 e. The fourth-order valence-electron chi connectivity index (χ4n) is 3.52. The van der Waals surface area contributed by atoms with Crippen LogP contribution in [0, 0.1) is 29.4 Å². The van der Waals surface area contributed by atoms with E-state index in [1.54, 1.807) is 12.1 Å². The molecule has 0 N–H and O–H groups in total. The molecule has 1 aliphatic heterocycles. The van der Waals surface area contributed by atoms with E-state index in [2.05, 4.69) is 18.8 Å². The molecule has 30 heavy (non-hydrogen) atoms. The van der Waals surface area contributed by atoms with E-state index in [-0.39, 0.29) is 17.9 Å². The molecule has 3 aromatic rings. The van der Waals surface area contributed by atoms with Crippen molar-refractivity contribution in [3.05, 3.63) is 82.9 Å². The molecular formula is C26H24F2O2. The van der Waals surface area contributed by atoms with Gasteiger partial charge in [0.25, 0.3) is 0 Å². The molecule has 1 saturated heterocycles. The molecule has 2 nitrogen and oxygen atoms in total. The molecule has 0 aromatic heterocycles. The molecule has 0 radical (unpaired) electrons. The Morgan fingerprint density at radius 1 is 0.900 bits per heavy atom. The second-order valence-corrected chi connectivity index (χ2v) is 7.68. The summed E-state index contributed by atoms with van der Waals surface area (Å²) in [6, 6.07) is 15.3. The topological polar surface area (TPSA) is 18.5 Å². The van der Waals surface area contributed by atoms with Crippen LogP contribution in [0.25, 0.3) is 10.8 Å². The van der Waals surface area contributed by atoms with Crippen molar-refractivity contribution in [3.8, 4) is 11.8 Å². The molecule has 4 rings (SSSR count). The molecule has 0 bridgehead atoms. The molecule has 0 atom stereocenters. The summed E-state index contributed by atoms with van der Waals surface area (Å²) in [4.78, 5) is 0. The van der Waals surface area contributed by atoms with Gasteiger partial charge < -0.3 is 9.47 Å². The highest BCUT2D eigenvalue weighted by Gasteiger charge is 2.20. The van der Waals surface area contributed by atoms with Crippen molar-refractivity contribution >= 4 is 10.8 Å². The van der Waals surface area contributed by atoms with Gasteiger partial charge in [0.2, 0.25) is 0 Å². The summed E-state index contributed by atoms with van der Waals surface area (Å²) in [6.45, 7) is 3.59. The summed E-state index contributed by atoms with van der Waals surface area (Å²) >= 11 is 0. The minimum Gasteiger partial charge on any atom is -0.352 e. The Morgan fingerprint density at radius 3 is 2.43 bits per heavy atom. The van der Waals surface area contributed by atoms with Gasteiger partial charge in [-0.15, -0.1) is 0 Å². The quantitative estimate of drug-likeness (QED) is 0.506. The average Bonchev–Trinajstić information content (AvgIpc) is 2.77. The summed E-state index contributed by atoms with van der Waals surface area (Å²) < 4.78 is 39.2. The van der Waals surface area contributed by atoms with Crippen LogP contribution in [0.4, 0.5) is 8.78 Å². The van der Waals surface area contributed by atoms with Gasteiger partial charge in [0.1, 0.15) is 11.6 Å². The van der Waals surface area contributed by atoms with E-state index in [1.807, 2.05) is 24.3 Å². The van der Waals surface area contributed by atoms with Crippen molar-refractivity contribution in [2.75, 3.05) is 13.2 Å². The fraction of sp³-hybridized carbons (Fsp3) is 0.308. The molecule has 3 aromatic carbocycles. The number of benzene rings is 3. The van der Waals surface area contributed by atoms with Crippen LogP contribution >= 0.6 is 0 Å². The second kappa shape index (κ2) is 9.38. The fourth-order valence-corrected chi connectivity index (χ4v) is 3.52. The number of fused-ring (bicyclic) bond motifs is 1. The third-order valence-electron chi connectivity index (χ3n) is 5.46. The monoisotopic (exact) mass is 406 g/mol. The van der Waals surface area contributed by atoms with Crippen molar-refractivity contribution in [2.24, 2.45) is 5.92 Å². The Hall–Kier alpha value is -2.74. The smallest absolute Gasteiger partial charge is 0.157 e. The van der Waals surface area contributed by atoms with Crippen LogP contribution in [0.3, 0.4) is 0 Å². The minimum atomic E-state index is -0.334. The molecule has 154 valence electrons. The van der Waals surface area contributed by atoms with Crippen molar-refractivity contribution in [3.63, 3.8) is 0 Å². The van der Waals surface area contributed by atoms with Gasteiger partial charge >= 0.3 is 0 Å². The molecule has 1 heterocycles. The zero-order chi connectivity index (χ0) is 20.9. The van der Waals surface area contributed by atoms with Gasteiger partial charge in [-0.05, 0) is 65.6 Å². The van der Waals surface area contributed by atoms with E-state index < -0.39 is 0 Å². The zero-order valence-corrected chi connectivity index (χ0v) is 17.0. The lowest BCUT2D eigenvalue weighted by molar-refractivity contribution is -0.202. The lowest BCUT2D eigenvalue weighted by Gasteiger charge is -2.28. The van der Waals surface area contributed by atoms with Crippen LogP contribution in [0.15, 0.2) is 54.6 Å². The summed E-state index contributed by atoms with van der Waals surface area (Å²) in [5.74, 6) is 5.77.